The van der Waals surface area contributed by atoms with Crippen LogP contribution in [0.4, 0.5) is 11.4 Å². The first kappa shape index (κ1) is 9.90. The standard InChI is InChI=1S/C7H5IN2O3/c8-5-1-2-6(9-4-11)7(3-5)10(12)13/h1-4H,(H,9,11). The molecule has 1 amide bonds. The molecule has 5 nitrogen and oxygen atoms in total. The number of nitrogens with zero attached hydrogens (tertiary/aromatic N) is 1. The molecule has 13 heavy (non-hydrogen) atoms. The van der Waals surface area contributed by atoms with E-state index in [0.29, 0.717) is 6.41 Å². The molecule has 0 bridgehead atoms. The van der Waals surface area contributed by atoms with Gasteiger partial charge in [0.05, 0.1) is 4.92 Å². The number of nitro benzene ring substituents is 1. The Bertz CT molecular complexity index is 354. The quantitative estimate of drug-likeness (QED) is 0.399. The Kier molecular flexibility index (Phi) is 3.18. The van der Waals surface area contributed by atoms with Crippen molar-refractivity contribution >= 4 is 40.4 Å². The van der Waals surface area contributed by atoms with Crippen LogP contribution in [0.5, 0.6) is 0 Å². The van der Waals surface area contributed by atoms with Crippen molar-refractivity contribution in [3.63, 3.8) is 0 Å². The van der Waals surface area contributed by atoms with Crippen molar-refractivity contribution in [2.75, 3.05) is 5.32 Å². The molecule has 68 valence electrons. The van der Waals surface area contributed by atoms with Crippen LogP contribution in [-0.4, -0.2) is 11.3 Å². The second kappa shape index (κ2) is 4.17. The van der Waals surface area contributed by atoms with Gasteiger partial charge in [0.25, 0.3) is 5.69 Å². The highest BCUT2D eigenvalue weighted by Crippen LogP contribution is 2.25. The third kappa shape index (κ3) is 2.38. The fraction of sp³-hybridized carbons (Fsp3) is 0. The lowest BCUT2D eigenvalue weighted by molar-refractivity contribution is -0.384. The minimum atomic E-state index is -0.534. The van der Waals surface area contributed by atoms with E-state index in [2.05, 4.69) is 5.32 Å². The van der Waals surface area contributed by atoms with Gasteiger partial charge in [0.2, 0.25) is 6.41 Å². The average molecular weight is 292 g/mol. The number of carbonyl (C=O) groups is 1. The van der Waals surface area contributed by atoms with Gasteiger partial charge in [-0.2, -0.15) is 0 Å². The number of benzene rings is 1. The van der Waals surface area contributed by atoms with Crippen molar-refractivity contribution in [3.05, 3.63) is 31.9 Å². The maximum atomic E-state index is 10.5. The van der Waals surface area contributed by atoms with Gasteiger partial charge in [-0.25, -0.2) is 0 Å². The number of nitro groups is 1. The second-order valence-electron chi connectivity index (χ2n) is 2.18. The third-order valence-electron chi connectivity index (χ3n) is 1.37. The van der Waals surface area contributed by atoms with Gasteiger partial charge in [0.15, 0.2) is 0 Å². The number of hydrogen-bond acceptors (Lipinski definition) is 3. The molecule has 0 saturated heterocycles. The Morgan fingerprint density at radius 1 is 1.54 bits per heavy atom. The van der Waals surface area contributed by atoms with Crippen LogP contribution in [0, 0.1) is 13.7 Å². The summed E-state index contributed by atoms with van der Waals surface area (Å²) >= 11 is 1.96. The zero-order chi connectivity index (χ0) is 9.84. The first-order chi connectivity index (χ1) is 6.15. The van der Waals surface area contributed by atoms with Gasteiger partial charge < -0.3 is 5.32 Å². The summed E-state index contributed by atoms with van der Waals surface area (Å²) in [4.78, 5) is 20.1. The van der Waals surface area contributed by atoms with Crippen molar-refractivity contribution < 1.29 is 9.72 Å². The van der Waals surface area contributed by atoms with Gasteiger partial charge in [0, 0.05) is 9.64 Å². The summed E-state index contributed by atoms with van der Waals surface area (Å²) in [6.07, 6.45) is 0.412. The SMILES string of the molecule is O=CNc1ccc(I)cc1[N+](=O)[O-]. The van der Waals surface area contributed by atoms with Crippen molar-refractivity contribution in [2.24, 2.45) is 0 Å². The van der Waals surface area contributed by atoms with Gasteiger partial charge >= 0.3 is 0 Å². The van der Waals surface area contributed by atoms with E-state index in [1.807, 2.05) is 22.6 Å². The van der Waals surface area contributed by atoms with Crippen LogP contribution in [-0.2, 0) is 4.79 Å². The monoisotopic (exact) mass is 292 g/mol. The summed E-state index contributed by atoms with van der Waals surface area (Å²) in [6.45, 7) is 0. The lowest BCUT2D eigenvalue weighted by Gasteiger charge is -2.00. The summed E-state index contributed by atoms with van der Waals surface area (Å²) in [7, 11) is 0. The maximum Gasteiger partial charge on any atom is 0.293 e. The van der Waals surface area contributed by atoms with E-state index < -0.39 is 4.92 Å². The lowest BCUT2D eigenvalue weighted by Crippen LogP contribution is -1.99. The third-order valence-corrected chi connectivity index (χ3v) is 2.04. The molecule has 6 heteroatoms. The normalized spacial score (nSPS) is 9.31. The minimum absolute atomic E-state index is 0.0981. The summed E-state index contributed by atoms with van der Waals surface area (Å²) < 4.78 is 0.751. The Morgan fingerprint density at radius 2 is 2.23 bits per heavy atom. The molecule has 1 aromatic rings. The molecule has 0 spiro atoms. The van der Waals surface area contributed by atoms with E-state index in [9.17, 15) is 14.9 Å². The number of halogens is 1. The molecular formula is C7H5IN2O3. The molecule has 1 aromatic carbocycles. The average Bonchev–Trinajstić information content (AvgIpc) is 2.08. The van der Waals surface area contributed by atoms with Crippen molar-refractivity contribution in [1.82, 2.24) is 0 Å². The Balaban J connectivity index is 3.17. The molecule has 1 rings (SSSR count). The van der Waals surface area contributed by atoms with E-state index in [-0.39, 0.29) is 11.4 Å². The number of anilines is 1. The predicted octanol–water partition coefficient (Wildman–Crippen LogP) is 1.77. The summed E-state index contributed by atoms with van der Waals surface area (Å²) in [6, 6.07) is 4.57. The highest BCUT2D eigenvalue weighted by Gasteiger charge is 2.12. The van der Waals surface area contributed by atoms with Crippen LogP contribution in [0.1, 0.15) is 0 Å². The van der Waals surface area contributed by atoms with E-state index >= 15 is 0 Å². The molecule has 1 N–H and O–H groups in total. The van der Waals surface area contributed by atoms with Crippen molar-refractivity contribution in [3.8, 4) is 0 Å². The topological polar surface area (TPSA) is 72.2 Å². The van der Waals surface area contributed by atoms with Crippen LogP contribution in [0.3, 0.4) is 0 Å². The van der Waals surface area contributed by atoms with Gasteiger partial charge in [-0.05, 0) is 34.7 Å². The summed E-state index contributed by atoms with van der Waals surface area (Å²) in [5.74, 6) is 0. The smallest absolute Gasteiger partial charge is 0.293 e. The number of hydrogen-bond donors (Lipinski definition) is 1. The number of carbonyl (C=O) groups excluding carboxylic acids is 1. The van der Waals surface area contributed by atoms with Crippen LogP contribution >= 0.6 is 22.6 Å². The first-order valence-electron chi connectivity index (χ1n) is 3.29. The lowest BCUT2D eigenvalue weighted by atomic mass is 10.3. The van der Waals surface area contributed by atoms with Crippen LogP contribution in [0.2, 0.25) is 0 Å². The van der Waals surface area contributed by atoms with Crippen LogP contribution in [0.25, 0.3) is 0 Å². The molecule has 0 unspecified atom stereocenters. The second-order valence-corrected chi connectivity index (χ2v) is 3.43. The molecule has 0 aliphatic carbocycles. The number of amides is 1. The van der Waals surface area contributed by atoms with Gasteiger partial charge in [-0.1, -0.05) is 0 Å². The predicted molar refractivity (Wildman–Crippen MR) is 55.5 cm³/mol. The van der Waals surface area contributed by atoms with Gasteiger partial charge in [-0.15, -0.1) is 0 Å². The largest absolute Gasteiger partial charge is 0.323 e. The van der Waals surface area contributed by atoms with Crippen LogP contribution < -0.4 is 5.32 Å². The molecule has 0 aliphatic heterocycles. The fourth-order valence-electron chi connectivity index (χ4n) is 0.841. The van der Waals surface area contributed by atoms with E-state index in [0.717, 1.165) is 3.57 Å². The zero-order valence-corrected chi connectivity index (χ0v) is 8.52. The van der Waals surface area contributed by atoms with Crippen molar-refractivity contribution in [2.45, 2.75) is 0 Å². The van der Waals surface area contributed by atoms with E-state index in [4.69, 9.17) is 0 Å². The number of rotatable bonds is 3. The summed E-state index contributed by atoms with van der Waals surface area (Å²) in [5, 5.41) is 12.8. The first-order valence-corrected chi connectivity index (χ1v) is 4.37. The summed E-state index contributed by atoms with van der Waals surface area (Å²) in [5.41, 5.74) is 0.111. The van der Waals surface area contributed by atoms with Gasteiger partial charge in [-0.3, -0.25) is 14.9 Å². The maximum absolute atomic E-state index is 10.5. The highest BCUT2D eigenvalue weighted by atomic mass is 127. The molecule has 0 heterocycles. The molecule has 0 saturated carbocycles. The molecule has 0 aliphatic rings. The molecular weight excluding hydrogens is 287 g/mol. The van der Waals surface area contributed by atoms with E-state index in [1.165, 1.54) is 12.1 Å². The highest BCUT2D eigenvalue weighted by molar-refractivity contribution is 14.1. The fourth-order valence-corrected chi connectivity index (χ4v) is 1.32. The van der Waals surface area contributed by atoms with Crippen molar-refractivity contribution in [1.29, 1.82) is 0 Å². The zero-order valence-electron chi connectivity index (χ0n) is 6.36. The molecule has 0 aromatic heterocycles. The Hall–Kier alpha value is -1.18. The Morgan fingerprint density at radius 3 is 2.77 bits per heavy atom. The molecule has 0 atom stereocenters. The van der Waals surface area contributed by atoms with E-state index in [1.54, 1.807) is 6.07 Å². The Labute approximate surface area is 87.4 Å². The number of nitrogens with one attached hydrogen (secondary N) is 1. The minimum Gasteiger partial charge on any atom is -0.323 e. The van der Waals surface area contributed by atoms with Crippen LogP contribution in [0.15, 0.2) is 18.2 Å². The van der Waals surface area contributed by atoms with Gasteiger partial charge in [0.1, 0.15) is 5.69 Å². The molecule has 0 radical (unpaired) electrons. The molecule has 0 fully saturated rings.